The van der Waals surface area contributed by atoms with Gasteiger partial charge in [-0.2, -0.15) is 0 Å². The summed E-state index contributed by atoms with van der Waals surface area (Å²) in [6, 6.07) is 15.8. The molecule has 0 spiro atoms. The minimum Gasteiger partial charge on any atom is -0.300 e. The van der Waals surface area contributed by atoms with E-state index in [1.54, 1.807) is 0 Å². The van der Waals surface area contributed by atoms with Crippen LogP contribution in [-0.4, -0.2) is 55.4 Å². The van der Waals surface area contributed by atoms with E-state index >= 15 is 0 Å². The molecule has 3 nitrogen and oxygen atoms in total. The SMILES string of the molecule is O=Cc1ccc(CCN2CCN(C/C=C/c3ccc(Cl)cc3)CC2)cc1. The summed E-state index contributed by atoms with van der Waals surface area (Å²) in [7, 11) is 0. The van der Waals surface area contributed by atoms with Crippen LogP contribution in [0.5, 0.6) is 0 Å². The molecule has 0 N–H and O–H groups in total. The van der Waals surface area contributed by atoms with E-state index in [9.17, 15) is 4.79 Å². The molecule has 1 aliphatic rings. The molecule has 2 aromatic rings. The van der Waals surface area contributed by atoms with Gasteiger partial charge in [-0.05, 0) is 29.7 Å². The number of benzene rings is 2. The molecule has 4 heteroatoms. The zero-order valence-electron chi connectivity index (χ0n) is 15.0. The van der Waals surface area contributed by atoms with Crippen LogP contribution in [-0.2, 0) is 6.42 Å². The Hall–Kier alpha value is -1.94. The molecule has 1 heterocycles. The van der Waals surface area contributed by atoms with E-state index in [1.807, 2.05) is 36.4 Å². The third-order valence-corrected chi connectivity index (χ3v) is 5.09. The highest BCUT2D eigenvalue weighted by Gasteiger charge is 2.15. The molecule has 0 radical (unpaired) electrons. The van der Waals surface area contributed by atoms with Crippen LogP contribution in [0.2, 0.25) is 5.02 Å². The van der Waals surface area contributed by atoms with Crippen LogP contribution in [0.3, 0.4) is 0 Å². The predicted molar refractivity (Wildman–Crippen MR) is 109 cm³/mol. The van der Waals surface area contributed by atoms with E-state index in [1.165, 1.54) is 11.1 Å². The van der Waals surface area contributed by atoms with Crippen LogP contribution in [0.1, 0.15) is 21.5 Å². The van der Waals surface area contributed by atoms with Crippen molar-refractivity contribution in [1.29, 1.82) is 0 Å². The lowest BCUT2D eigenvalue weighted by atomic mass is 10.1. The third-order valence-electron chi connectivity index (χ3n) is 4.84. The average molecular weight is 369 g/mol. The van der Waals surface area contributed by atoms with Crippen molar-refractivity contribution in [2.45, 2.75) is 6.42 Å². The lowest BCUT2D eigenvalue weighted by Crippen LogP contribution is -2.46. The highest BCUT2D eigenvalue weighted by atomic mass is 35.5. The fourth-order valence-electron chi connectivity index (χ4n) is 3.16. The van der Waals surface area contributed by atoms with Crippen LogP contribution < -0.4 is 0 Å². The van der Waals surface area contributed by atoms with Crippen molar-refractivity contribution in [3.8, 4) is 0 Å². The van der Waals surface area contributed by atoms with Crippen molar-refractivity contribution in [1.82, 2.24) is 9.80 Å². The molecule has 0 aliphatic carbocycles. The molecule has 0 unspecified atom stereocenters. The summed E-state index contributed by atoms with van der Waals surface area (Å²) in [5.41, 5.74) is 3.23. The van der Waals surface area contributed by atoms with E-state index in [2.05, 4.69) is 34.1 Å². The highest BCUT2D eigenvalue weighted by Crippen LogP contribution is 2.11. The Kier molecular flexibility index (Phi) is 7.01. The number of aldehydes is 1. The first-order chi connectivity index (χ1) is 12.7. The summed E-state index contributed by atoms with van der Waals surface area (Å²) in [4.78, 5) is 15.7. The lowest BCUT2D eigenvalue weighted by molar-refractivity contribution is 0.112. The van der Waals surface area contributed by atoms with E-state index < -0.39 is 0 Å². The van der Waals surface area contributed by atoms with Gasteiger partial charge < -0.3 is 4.90 Å². The molecular weight excluding hydrogens is 344 g/mol. The first kappa shape index (κ1) is 18.8. The van der Waals surface area contributed by atoms with Gasteiger partial charge in [0.1, 0.15) is 6.29 Å². The number of hydrogen-bond acceptors (Lipinski definition) is 3. The summed E-state index contributed by atoms with van der Waals surface area (Å²) in [5.74, 6) is 0. The number of hydrogen-bond donors (Lipinski definition) is 0. The Labute approximate surface area is 160 Å². The normalized spacial score (nSPS) is 16.2. The largest absolute Gasteiger partial charge is 0.300 e. The quantitative estimate of drug-likeness (QED) is 0.689. The second kappa shape index (κ2) is 9.67. The summed E-state index contributed by atoms with van der Waals surface area (Å²) >= 11 is 5.91. The Morgan fingerprint density at radius 1 is 0.846 bits per heavy atom. The van der Waals surface area contributed by atoms with Crippen LogP contribution in [0.25, 0.3) is 6.08 Å². The predicted octanol–water partition coefficient (Wildman–Crippen LogP) is 4.03. The Bertz CT molecular complexity index is 717. The number of halogens is 1. The Morgan fingerprint density at radius 2 is 1.46 bits per heavy atom. The summed E-state index contributed by atoms with van der Waals surface area (Å²) in [5, 5.41) is 0.776. The molecule has 0 amide bonds. The van der Waals surface area contributed by atoms with E-state index in [0.29, 0.717) is 0 Å². The third kappa shape index (κ3) is 5.80. The second-order valence-electron chi connectivity index (χ2n) is 6.71. The van der Waals surface area contributed by atoms with Gasteiger partial charge in [0.25, 0.3) is 0 Å². The van der Waals surface area contributed by atoms with Crippen molar-refractivity contribution in [2.75, 3.05) is 39.3 Å². The lowest BCUT2D eigenvalue weighted by Gasteiger charge is -2.34. The molecule has 136 valence electrons. The van der Waals surface area contributed by atoms with Crippen LogP contribution >= 0.6 is 11.6 Å². The van der Waals surface area contributed by atoms with Crippen LogP contribution in [0, 0.1) is 0 Å². The van der Waals surface area contributed by atoms with Gasteiger partial charge >= 0.3 is 0 Å². The van der Waals surface area contributed by atoms with Gasteiger partial charge in [-0.3, -0.25) is 9.69 Å². The maximum atomic E-state index is 10.7. The molecule has 0 saturated carbocycles. The molecule has 0 bridgehead atoms. The van der Waals surface area contributed by atoms with Gasteiger partial charge in [0.15, 0.2) is 0 Å². The maximum Gasteiger partial charge on any atom is 0.150 e. The van der Waals surface area contributed by atoms with E-state index in [0.717, 1.165) is 62.6 Å². The second-order valence-corrected chi connectivity index (χ2v) is 7.14. The zero-order valence-corrected chi connectivity index (χ0v) is 15.7. The number of nitrogens with zero attached hydrogens (tertiary/aromatic N) is 2. The summed E-state index contributed by atoms with van der Waals surface area (Å²) in [6.45, 7) is 6.50. The standard InChI is InChI=1S/C22H25ClN2O/c23-22-9-7-19(8-10-22)2-1-12-24-14-16-25(17-15-24)13-11-20-3-5-21(18-26)6-4-20/h1-10,18H,11-17H2/b2-1+. The molecule has 1 aliphatic heterocycles. The molecule has 1 fully saturated rings. The minimum absolute atomic E-state index is 0.744. The van der Waals surface area contributed by atoms with Crippen molar-refractivity contribution in [3.05, 3.63) is 76.3 Å². The van der Waals surface area contributed by atoms with Crippen molar-refractivity contribution in [3.63, 3.8) is 0 Å². The van der Waals surface area contributed by atoms with E-state index in [-0.39, 0.29) is 0 Å². The topological polar surface area (TPSA) is 23.6 Å². The zero-order chi connectivity index (χ0) is 18.2. The molecular formula is C22H25ClN2O. The fourth-order valence-corrected chi connectivity index (χ4v) is 3.28. The van der Waals surface area contributed by atoms with Gasteiger partial charge in [-0.1, -0.05) is 60.2 Å². The molecule has 0 atom stereocenters. The van der Waals surface area contributed by atoms with Crippen molar-refractivity contribution >= 4 is 24.0 Å². The maximum absolute atomic E-state index is 10.7. The summed E-state index contributed by atoms with van der Waals surface area (Å²) in [6.07, 6.45) is 6.32. The molecule has 0 aromatic heterocycles. The first-order valence-corrected chi connectivity index (χ1v) is 9.52. The van der Waals surface area contributed by atoms with E-state index in [4.69, 9.17) is 11.6 Å². The number of carbonyl (C=O) groups is 1. The van der Waals surface area contributed by atoms with Gasteiger partial charge in [-0.25, -0.2) is 0 Å². The van der Waals surface area contributed by atoms with Gasteiger partial charge in [0.05, 0.1) is 0 Å². The highest BCUT2D eigenvalue weighted by molar-refractivity contribution is 6.30. The number of rotatable bonds is 7. The number of carbonyl (C=O) groups excluding carboxylic acids is 1. The Balaban J connectivity index is 1.37. The summed E-state index contributed by atoms with van der Waals surface area (Å²) < 4.78 is 0. The van der Waals surface area contributed by atoms with Crippen molar-refractivity contribution < 1.29 is 4.79 Å². The van der Waals surface area contributed by atoms with Crippen LogP contribution in [0.15, 0.2) is 54.6 Å². The number of piperazine rings is 1. The Morgan fingerprint density at radius 3 is 2.12 bits per heavy atom. The van der Waals surface area contributed by atoms with Crippen molar-refractivity contribution in [2.24, 2.45) is 0 Å². The molecule has 2 aromatic carbocycles. The monoisotopic (exact) mass is 368 g/mol. The molecule has 26 heavy (non-hydrogen) atoms. The molecule has 3 rings (SSSR count). The molecule has 1 saturated heterocycles. The van der Waals surface area contributed by atoms with Gasteiger partial charge in [-0.15, -0.1) is 0 Å². The smallest absolute Gasteiger partial charge is 0.150 e. The average Bonchev–Trinajstić information content (AvgIpc) is 2.69. The fraction of sp³-hybridized carbons (Fsp3) is 0.318. The van der Waals surface area contributed by atoms with Crippen LogP contribution in [0.4, 0.5) is 0 Å². The van der Waals surface area contributed by atoms with Gasteiger partial charge in [0.2, 0.25) is 0 Å². The first-order valence-electron chi connectivity index (χ1n) is 9.14. The minimum atomic E-state index is 0.744. The van der Waals surface area contributed by atoms with Gasteiger partial charge in [0, 0.05) is 49.9 Å².